The molecule has 1 aliphatic heterocycles. The van der Waals surface area contributed by atoms with Crippen LogP contribution in [0, 0.1) is 0 Å². The van der Waals surface area contributed by atoms with E-state index in [1.165, 1.54) is 6.26 Å². The Kier molecular flexibility index (Phi) is 5.10. The highest BCUT2D eigenvalue weighted by molar-refractivity contribution is 8.02. The number of carbonyl (C=O) groups is 1. The summed E-state index contributed by atoms with van der Waals surface area (Å²) in [5.74, 6) is 1.13. The summed E-state index contributed by atoms with van der Waals surface area (Å²) < 4.78 is 5.11. The van der Waals surface area contributed by atoms with Gasteiger partial charge in [0.25, 0.3) is 0 Å². The Morgan fingerprint density at radius 1 is 1.63 bits per heavy atom. The molecule has 0 aromatic carbocycles. The van der Waals surface area contributed by atoms with Gasteiger partial charge in [0.15, 0.2) is 5.76 Å². The van der Waals surface area contributed by atoms with E-state index < -0.39 is 0 Å². The molecule has 2 heterocycles. The zero-order valence-corrected chi connectivity index (χ0v) is 11.9. The van der Waals surface area contributed by atoms with Crippen molar-refractivity contribution in [1.82, 2.24) is 4.90 Å². The molecule has 0 radical (unpaired) electrons. The number of hydrogen-bond acceptors (Lipinski definition) is 5. The van der Waals surface area contributed by atoms with Crippen LogP contribution in [0.15, 0.2) is 33.9 Å². The molecule has 0 saturated heterocycles. The van der Waals surface area contributed by atoms with Gasteiger partial charge in [-0.3, -0.25) is 4.79 Å². The van der Waals surface area contributed by atoms with E-state index in [1.807, 2.05) is 10.3 Å². The van der Waals surface area contributed by atoms with E-state index >= 15 is 0 Å². The number of carbonyl (C=O) groups excluding carboxylic acids is 1. The molecule has 1 unspecified atom stereocenters. The first-order chi connectivity index (χ1) is 9.20. The van der Waals surface area contributed by atoms with Crippen LogP contribution in [-0.2, 0) is 0 Å². The standard InChI is InChI=1S/C14H19NO3S/c1-2-4-12(16)7-11-9-19-10-15(11)8-13(17)14-5-3-6-18-14/h3,5-6,9,12,16H,2,4,7-8,10H2,1H3. The Morgan fingerprint density at radius 3 is 3.16 bits per heavy atom. The largest absolute Gasteiger partial charge is 0.461 e. The molecular formula is C14H19NO3S. The highest BCUT2D eigenvalue weighted by Crippen LogP contribution is 2.27. The van der Waals surface area contributed by atoms with Crippen LogP contribution < -0.4 is 0 Å². The van der Waals surface area contributed by atoms with Crippen LogP contribution in [0.25, 0.3) is 0 Å². The first-order valence-electron chi connectivity index (χ1n) is 6.51. The monoisotopic (exact) mass is 281 g/mol. The van der Waals surface area contributed by atoms with E-state index in [9.17, 15) is 9.90 Å². The fourth-order valence-corrected chi connectivity index (χ4v) is 3.02. The molecule has 4 nitrogen and oxygen atoms in total. The molecule has 0 saturated carbocycles. The highest BCUT2D eigenvalue weighted by Gasteiger charge is 2.22. The molecule has 104 valence electrons. The van der Waals surface area contributed by atoms with Crippen LogP contribution in [0.5, 0.6) is 0 Å². The fraction of sp³-hybridized carbons (Fsp3) is 0.500. The molecule has 0 spiro atoms. The molecule has 2 rings (SSSR count). The Bertz CT molecular complexity index is 442. The maximum atomic E-state index is 12.0. The number of thioether (sulfide) groups is 1. The van der Waals surface area contributed by atoms with Gasteiger partial charge in [0.1, 0.15) is 0 Å². The molecule has 1 N–H and O–H groups in total. The molecule has 1 aromatic rings. The summed E-state index contributed by atoms with van der Waals surface area (Å²) in [5.41, 5.74) is 1.05. The van der Waals surface area contributed by atoms with Gasteiger partial charge in [0.05, 0.1) is 24.8 Å². The molecule has 0 aliphatic carbocycles. The lowest BCUT2D eigenvalue weighted by molar-refractivity contribution is 0.0921. The number of hydrogen-bond donors (Lipinski definition) is 1. The fourth-order valence-electron chi connectivity index (χ4n) is 2.07. The van der Waals surface area contributed by atoms with Crippen molar-refractivity contribution in [3.05, 3.63) is 35.3 Å². The third-order valence-electron chi connectivity index (χ3n) is 3.05. The van der Waals surface area contributed by atoms with Crippen LogP contribution in [-0.4, -0.2) is 34.3 Å². The second kappa shape index (κ2) is 6.82. The molecule has 1 atom stereocenters. The SMILES string of the molecule is CCCC(O)CC1=CSCN1CC(=O)c1ccco1. The summed E-state index contributed by atoms with van der Waals surface area (Å²) in [7, 11) is 0. The van der Waals surface area contributed by atoms with Gasteiger partial charge >= 0.3 is 0 Å². The Morgan fingerprint density at radius 2 is 2.47 bits per heavy atom. The highest BCUT2D eigenvalue weighted by atomic mass is 32.2. The number of aliphatic hydroxyl groups is 1. The normalized spacial score (nSPS) is 16.5. The zero-order valence-electron chi connectivity index (χ0n) is 11.0. The first-order valence-corrected chi connectivity index (χ1v) is 7.56. The molecule has 1 aromatic heterocycles. The lowest BCUT2D eigenvalue weighted by Crippen LogP contribution is -2.28. The van der Waals surface area contributed by atoms with Crippen molar-refractivity contribution >= 4 is 17.5 Å². The number of ketones is 1. The summed E-state index contributed by atoms with van der Waals surface area (Å²) in [4.78, 5) is 14.0. The first kappa shape index (κ1) is 14.2. The Labute approximate surface area is 117 Å². The zero-order chi connectivity index (χ0) is 13.7. The molecule has 0 amide bonds. The molecule has 0 bridgehead atoms. The van der Waals surface area contributed by atoms with Gasteiger partial charge in [0.2, 0.25) is 5.78 Å². The van der Waals surface area contributed by atoms with E-state index in [0.717, 1.165) is 24.4 Å². The van der Waals surface area contributed by atoms with Gasteiger partial charge in [-0.2, -0.15) is 0 Å². The van der Waals surface area contributed by atoms with Gasteiger partial charge in [-0.15, -0.1) is 11.8 Å². The second-order valence-electron chi connectivity index (χ2n) is 4.65. The maximum Gasteiger partial charge on any atom is 0.217 e. The van der Waals surface area contributed by atoms with Crippen LogP contribution in [0.4, 0.5) is 0 Å². The number of furan rings is 1. The Balaban J connectivity index is 1.90. The van der Waals surface area contributed by atoms with E-state index in [4.69, 9.17) is 4.42 Å². The number of nitrogens with zero attached hydrogens (tertiary/aromatic N) is 1. The predicted molar refractivity (Wildman–Crippen MR) is 75.8 cm³/mol. The van der Waals surface area contributed by atoms with Gasteiger partial charge in [-0.1, -0.05) is 13.3 Å². The minimum absolute atomic E-state index is 0.0246. The topological polar surface area (TPSA) is 53.7 Å². The van der Waals surface area contributed by atoms with Crippen molar-refractivity contribution in [3.8, 4) is 0 Å². The van der Waals surface area contributed by atoms with E-state index in [2.05, 4.69) is 6.92 Å². The van der Waals surface area contributed by atoms with E-state index in [1.54, 1.807) is 23.9 Å². The van der Waals surface area contributed by atoms with Gasteiger partial charge in [0, 0.05) is 12.1 Å². The second-order valence-corrected chi connectivity index (χ2v) is 5.48. The minimum Gasteiger partial charge on any atom is -0.461 e. The van der Waals surface area contributed by atoms with Gasteiger partial charge < -0.3 is 14.4 Å². The summed E-state index contributed by atoms with van der Waals surface area (Å²) in [6.45, 7) is 2.37. The number of aliphatic hydroxyl groups excluding tert-OH is 1. The van der Waals surface area contributed by atoms with E-state index in [-0.39, 0.29) is 11.9 Å². The lowest BCUT2D eigenvalue weighted by atomic mass is 10.1. The third kappa shape index (κ3) is 3.88. The van der Waals surface area contributed by atoms with Crippen molar-refractivity contribution in [2.24, 2.45) is 0 Å². The van der Waals surface area contributed by atoms with Gasteiger partial charge in [-0.05, 0) is 24.0 Å². The summed E-state index contributed by atoms with van der Waals surface area (Å²) in [5, 5.41) is 11.9. The summed E-state index contributed by atoms with van der Waals surface area (Å²) in [6, 6.07) is 3.40. The quantitative estimate of drug-likeness (QED) is 0.779. The lowest BCUT2D eigenvalue weighted by Gasteiger charge is -2.22. The summed E-state index contributed by atoms with van der Waals surface area (Å²) >= 11 is 1.66. The number of rotatable bonds is 7. The van der Waals surface area contributed by atoms with Crippen LogP contribution >= 0.6 is 11.8 Å². The third-order valence-corrected chi connectivity index (χ3v) is 3.95. The average molecular weight is 281 g/mol. The van der Waals surface area contributed by atoms with Crippen LogP contribution in [0.1, 0.15) is 36.7 Å². The minimum atomic E-state index is -0.323. The number of Topliss-reactive ketones (excluding diaryl/α,β-unsaturated/α-hetero) is 1. The van der Waals surface area contributed by atoms with Crippen LogP contribution in [0.3, 0.4) is 0 Å². The van der Waals surface area contributed by atoms with Crippen molar-refractivity contribution in [3.63, 3.8) is 0 Å². The van der Waals surface area contributed by atoms with Gasteiger partial charge in [-0.25, -0.2) is 0 Å². The Hall–Kier alpha value is -1.20. The average Bonchev–Trinajstić information content (AvgIpc) is 3.01. The molecule has 19 heavy (non-hydrogen) atoms. The van der Waals surface area contributed by atoms with Crippen molar-refractivity contribution in [1.29, 1.82) is 0 Å². The summed E-state index contributed by atoms with van der Waals surface area (Å²) in [6.07, 6.45) is 3.56. The van der Waals surface area contributed by atoms with Crippen LogP contribution in [0.2, 0.25) is 0 Å². The van der Waals surface area contributed by atoms with Crippen molar-refractivity contribution in [2.45, 2.75) is 32.3 Å². The predicted octanol–water partition coefficient (Wildman–Crippen LogP) is 2.86. The molecule has 0 fully saturated rings. The van der Waals surface area contributed by atoms with E-state index in [0.29, 0.717) is 18.7 Å². The van der Waals surface area contributed by atoms with Crippen molar-refractivity contribution < 1.29 is 14.3 Å². The van der Waals surface area contributed by atoms with Crippen molar-refractivity contribution in [2.75, 3.05) is 12.4 Å². The maximum absolute atomic E-state index is 12.0. The molecular weight excluding hydrogens is 262 g/mol. The molecule has 5 heteroatoms. The molecule has 1 aliphatic rings. The smallest absolute Gasteiger partial charge is 0.217 e.